The van der Waals surface area contributed by atoms with Gasteiger partial charge in [0, 0.05) is 24.8 Å². The van der Waals surface area contributed by atoms with Crippen LogP contribution in [0.5, 0.6) is 11.5 Å². The second kappa shape index (κ2) is 16.7. The van der Waals surface area contributed by atoms with Gasteiger partial charge >= 0.3 is 17.9 Å². The molecule has 0 N–H and O–H groups in total. The van der Waals surface area contributed by atoms with Crippen molar-refractivity contribution in [1.29, 1.82) is 0 Å². The second-order valence-corrected chi connectivity index (χ2v) is 10.3. The minimum Gasteiger partial charge on any atom is -0.465 e. The van der Waals surface area contributed by atoms with Gasteiger partial charge in [-0.25, -0.2) is 9.59 Å². The van der Waals surface area contributed by atoms with Crippen molar-refractivity contribution >= 4 is 30.1 Å². The molecule has 3 aromatic rings. The lowest BCUT2D eigenvalue weighted by Crippen LogP contribution is -2.26. The summed E-state index contributed by atoms with van der Waals surface area (Å²) in [5.74, 6) is -0.896. The third-order valence-electron chi connectivity index (χ3n) is 6.42. The molecule has 0 spiro atoms. The van der Waals surface area contributed by atoms with E-state index in [0.717, 1.165) is 11.1 Å². The molecule has 42 heavy (non-hydrogen) atoms. The third-order valence-corrected chi connectivity index (χ3v) is 6.42. The third kappa shape index (κ3) is 11.6. The van der Waals surface area contributed by atoms with Gasteiger partial charge in [0.2, 0.25) is 0 Å². The average molecular weight is 571 g/mol. The first-order chi connectivity index (χ1) is 20.2. The monoisotopic (exact) mass is 570 g/mol. The highest BCUT2D eigenvalue weighted by molar-refractivity contribution is 5.90. The first-order valence-electron chi connectivity index (χ1n) is 14.0. The number of ether oxygens (including phenoxy) is 4. The van der Waals surface area contributed by atoms with Gasteiger partial charge in [0.05, 0.1) is 18.6 Å². The predicted molar refractivity (Wildman–Crippen MR) is 163 cm³/mol. The highest BCUT2D eigenvalue weighted by atomic mass is 16.5. The molecule has 220 valence electrons. The Kier molecular flexibility index (Phi) is 12.7. The molecule has 3 rings (SSSR count). The minimum atomic E-state index is -0.570. The average Bonchev–Trinajstić information content (AvgIpc) is 2.99. The molecule has 0 saturated heterocycles. The summed E-state index contributed by atoms with van der Waals surface area (Å²) in [6.45, 7) is 6.68. The molecule has 0 heterocycles. The zero-order chi connectivity index (χ0) is 30.2. The molecule has 7 nitrogen and oxygen atoms in total. The Balaban J connectivity index is 1.59. The number of benzene rings is 3. The van der Waals surface area contributed by atoms with E-state index in [9.17, 15) is 14.4 Å². The smallest absolute Gasteiger partial charge is 0.336 e. The number of unbranched alkanes of at least 4 members (excludes halogenated alkanes) is 1. The van der Waals surface area contributed by atoms with Crippen molar-refractivity contribution in [2.24, 2.45) is 5.41 Å². The van der Waals surface area contributed by atoms with Crippen LogP contribution in [0.2, 0.25) is 0 Å². The molecule has 0 amide bonds. The van der Waals surface area contributed by atoms with Crippen LogP contribution < -0.4 is 9.47 Å². The number of carbonyl (C=O) groups excluding carboxylic acids is 3. The molecular formula is C35H38O7. The molecule has 0 bridgehead atoms. The van der Waals surface area contributed by atoms with E-state index in [0.29, 0.717) is 38.0 Å². The van der Waals surface area contributed by atoms with E-state index >= 15 is 0 Å². The molecular weight excluding hydrogens is 532 g/mol. The summed E-state index contributed by atoms with van der Waals surface area (Å²) in [5.41, 5.74) is 1.90. The quantitative estimate of drug-likeness (QED) is 0.0826. The molecule has 0 saturated carbocycles. The van der Waals surface area contributed by atoms with Gasteiger partial charge in [-0.3, -0.25) is 4.79 Å². The van der Waals surface area contributed by atoms with Gasteiger partial charge in [-0.15, -0.1) is 0 Å². The zero-order valence-corrected chi connectivity index (χ0v) is 24.4. The van der Waals surface area contributed by atoms with Crippen molar-refractivity contribution in [3.63, 3.8) is 0 Å². The Labute approximate surface area is 247 Å². The minimum absolute atomic E-state index is 0.198. The first kappa shape index (κ1) is 32.0. The van der Waals surface area contributed by atoms with Gasteiger partial charge in [0.15, 0.2) is 0 Å². The Hall–Kier alpha value is -4.49. The molecule has 0 aliphatic heterocycles. The van der Waals surface area contributed by atoms with Crippen LogP contribution in [-0.2, 0) is 30.5 Å². The number of hydrogen-bond acceptors (Lipinski definition) is 7. The summed E-state index contributed by atoms with van der Waals surface area (Å²) in [7, 11) is 0. The lowest BCUT2D eigenvalue weighted by Gasteiger charge is -2.20. The molecule has 3 aromatic carbocycles. The largest absolute Gasteiger partial charge is 0.465 e. The van der Waals surface area contributed by atoms with Crippen molar-refractivity contribution < 1.29 is 33.3 Å². The summed E-state index contributed by atoms with van der Waals surface area (Å²) in [4.78, 5) is 37.0. The summed E-state index contributed by atoms with van der Waals surface area (Å²) < 4.78 is 22.2. The molecule has 0 aromatic heterocycles. The lowest BCUT2D eigenvalue weighted by molar-refractivity contribution is -0.154. The van der Waals surface area contributed by atoms with Gasteiger partial charge in [-0.05, 0) is 74.1 Å². The number of carbonyl (C=O) groups is 3. The van der Waals surface area contributed by atoms with Crippen LogP contribution in [0.3, 0.4) is 0 Å². The van der Waals surface area contributed by atoms with Crippen LogP contribution in [0, 0.1) is 5.41 Å². The highest BCUT2D eigenvalue weighted by Crippen LogP contribution is 2.25. The Morgan fingerprint density at radius 3 is 1.71 bits per heavy atom. The van der Waals surface area contributed by atoms with Crippen LogP contribution in [0.4, 0.5) is 0 Å². The van der Waals surface area contributed by atoms with Crippen molar-refractivity contribution in [2.45, 2.75) is 46.6 Å². The lowest BCUT2D eigenvalue weighted by atomic mass is 9.91. The maximum atomic E-state index is 12.5. The van der Waals surface area contributed by atoms with Crippen LogP contribution in [-0.4, -0.2) is 31.1 Å². The molecule has 0 radical (unpaired) electrons. The van der Waals surface area contributed by atoms with Crippen LogP contribution in [0.1, 0.15) is 56.7 Å². The molecule has 0 aliphatic rings. The van der Waals surface area contributed by atoms with E-state index in [1.165, 1.54) is 18.2 Å². The van der Waals surface area contributed by atoms with E-state index in [-0.39, 0.29) is 24.1 Å². The fourth-order valence-corrected chi connectivity index (χ4v) is 3.59. The predicted octanol–water partition coefficient (Wildman–Crippen LogP) is 7.20. The van der Waals surface area contributed by atoms with Gasteiger partial charge in [-0.2, -0.15) is 0 Å². The second-order valence-electron chi connectivity index (χ2n) is 10.3. The Morgan fingerprint density at radius 2 is 1.21 bits per heavy atom. The molecule has 0 aliphatic carbocycles. The van der Waals surface area contributed by atoms with Gasteiger partial charge < -0.3 is 18.9 Å². The summed E-state index contributed by atoms with van der Waals surface area (Å²) in [5, 5.41) is 0. The summed E-state index contributed by atoms with van der Waals surface area (Å²) in [6, 6.07) is 23.6. The number of rotatable bonds is 15. The SMILES string of the molecule is CCC(C)(C)C(=O)OCCCCOCc1cc(OC(=O)/C=C/c2ccccc2)cc(OC(=O)/C=C/c2ccccc2)c1. The van der Waals surface area contributed by atoms with Crippen LogP contribution in [0.15, 0.2) is 91.0 Å². The van der Waals surface area contributed by atoms with E-state index < -0.39 is 17.4 Å². The fraction of sp³-hybridized carbons (Fsp3) is 0.286. The van der Waals surface area contributed by atoms with Crippen molar-refractivity contribution in [3.05, 3.63) is 108 Å². The van der Waals surface area contributed by atoms with Crippen LogP contribution in [0.25, 0.3) is 12.2 Å². The van der Waals surface area contributed by atoms with E-state index in [1.54, 1.807) is 24.3 Å². The molecule has 0 atom stereocenters. The van der Waals surface area contributed by atoms with Gasteiger partial charge in [0.25, 0.3) is 0 Å². The standard InChI is InChI=1S/C35H38O7/c1-4-35(2,3)34(38)40-22-12-11-21-39-26-29-23-30(41-32(36)19-17-27-13-7-5-8-14-27)25-31(24-29)42-33(37)20-18-28-15-9-6-10-16-28/h5-10,13-20,23-25H,4,11-12,21-22,26H2,1-3H3/b19-17+,20-18+. The molecule has 7 heteroatoms. The normalized spacial score (nSPS) is 11.5. The zero-order valence-electron chi connectivity index (χ0n) is 24.4. The van der Waals surface area contributed by atoms with E-state index in [4.69, 9.17) is 18.9 Å². The van der Waals surface area contributed by atoms with E-state index in [2.05, 4.69) is 0 Å². The maximum absolute atomic E-state index is 12.5. The summed E-state index contributed by atoms with van der Waals surface area (Å²) >= 11 is 0. The van der Waals surface area contributed by atoms with Crippen LogP contribution >= 0.6 is 0 Å². The van der Waals surface area contributed by atoms with Crippen molar-refractivity contribution in [2.75, 3.05) is 13.2 Å². The summed E-state index contributed by atoms with van der Waals surface area (Å²) in [6.07, 6.45) is 8.07. The highest BCUT2D eigenvalue weighted by Gasteiger charge is 2.26. The van der Waals surface area contributed by atoms with Crippen molar-refractivity contribution in [1.82, 2.24) is 0 Å². The number of hydrogen-bond donors (Lipinski definition) is 0. The molecule has 0 unspecified atom stereocenters. The maximum Gasteiger partial charge on any atom is 0.336 e. The Morgan fingerprint density at radius 1 is 0.714 bits per heavy atom. The topological polar surface area (TPSA) is 88.1 Å². The first-order valence-corrected chi connectivity index (χ1v) is 14.0. The van der Waals surface area contributed by atoms with E-state index in [1.807, 2.05) is 81.4 Å². The number of esters is 3. The van der Waals surface area contributed by atoms with Gasteiger partial charge in [-0.1, -0.05) is 67.6 Å². The Bertz CT molecular complexity index is 1280. The molecule has 0 fully saturated rings. The van der Waals surface area contributed by atoms with Crippen molar-refractivity contribution in [3.8, 4) is 11.5 Å². The van der Waals surface area contributed by atoms with Gasteiger partial charge in [0.1, 0.15) is 11.5 Å². The fourth-order valence-electron chi connectivity index (χ4n) is 3.59.